The number of hydrogen-bond donors (Lipinski definition) is 1. The number of rotatable bonds is 15. The molecule has 204 valence electrons. The molecule has 1 unspecified atom stereocenters. The summed E-state index contributed by atoms with van der Waals surface area (Å²) >= 11 is 0. The lowest BCUT2D eigenvalue weighted by molar-refractivity contribution is 0.0485. The van der Waals surface area contributed by atoms with Crippen molar-refractivity contribution in [3.8, 4) is 17.2 Å². The zero-order chi connectivity index (χ0) is 27.3. The molecule has 0 saturated heterocycles. The van der Waals surface area contributed by atoms with Gasteiger partial charge in [0.05, 0.1) is 19.8 Å². The van der Waals surface area contributed by atoms with E-state index >= 15 is 0 Å². The molecular weight excluding hydrogens is 492 g/mol. The molecule has 0 aliphatic carbocycles. The van der Waals surface area contributed by atoms with Crippen molar-refractivity contribution in [2.24, 2.45) is 0 Å². The van der Waals surface area contributed by atoms with E-state index < -0.39 is 6.10 Å². The van der Waals surface area contributed by atoms with Crippen molar-refractivity contribution in [2.75, 3.05) is 27.1 Å². The summed E-state index contributed by atoms with van der Waals surface area (Å²) in [5.74, 6) is 1.92. The molecule has 0 aliphatic rings. The molecule has 0 aromatic heterocycles. The molecule has 6 heteroatoms. The fourth-order valence-corrected chi connectivity index (χ4v) is 4.18. The Bertz CT molecular complexity index is 1260. The van der Waals surface area contributed by atoms with Gasteiger partial charge in [-0.05, 0) is 47.4 Å². The molecule has 0 saturated carbocycles. The van der Waals surface area contributed by atoms with Crippen molar-refractivity contribution >= 4 is 0 Å². The molecule has 4 aromatic rings. The second kappa shape index (κ2) is 14.9. The van der Waals surface area contributed by atoms with E-state index in [4.69, 9.17) is 23.7 Å². The lowest BCUT2D eigenvalue weighted by atomic mass is 9.96. The zero-order valence-corrected chi connectivity index (χ0v) is 22.5. The molecular formula is C33H36O6. The Kier molecular flexibility index (Phi) is 10.8. The Labute approximate surface area is 230 Å². The van der Waals surface area contributed by atoms with Gasteiger partial charge in [-0.25, -0.2) is 0 Å². The lowest BCUT2D eigenvalue weighted by Gasteiger charge is -2.20. The third-order valence-corrected chi connectivity index (χ3v) is 6.19. The first kappa shape index (κ1) is 28.2. The standard InChI is InChI=1S/C33H36O6/c1-25-20-30(38-23-27-12-7-4-8-13-27)21-31(39-24-35-2)32(25)33(34)28-14-16-29(17-15-28)37-19-9-18-36-22-26-10-5-3-6-11-26/h3-8,10-17,20-21,33-34H,9,18-19,22-24H2,1-2H3. The first-order valence-electron chi connectivity index (χ1n) is 13.1. The van der Waals surface area contributed by atoms with Crippen LogP contribution >= 0.6 is 0 Å². The van der Waals surface area contributed by atoms with Crippen LogP contribution in [0.25, 0.3) is 0 Å². The minimum Gasteiger partial charge on any atom is -0.494 e. The Morgan fingerprint density at radius 2 is 1.36 bits per heavy atom. The fraction of sp³-hybridized carbons (Fsp3) is 0.273. The number of aryl methyl sites for hydroxylation is 1. The summed E-state index contributed by atoms with van der Waals surface area (Å²) in [6.07, 6.45) is -0.101. The van der Waals surface area contributed by atoms with Crippen molar-refractivity contribution in [3.63, 3.8) is 0 Å². The van der Waals surface area contributed by atoms with Gasteiger partial charge in [0.15, 0.2) is 6.79 Å². The van der Waals surface area contributed by atoms with Crippen molar-refractivity contribution in [1.29, 1.82) is 0 Å². The van der Waals surface area contributed by atoms with Crippen LogP contribution in [0.4, 0.5) is 0 Å². The zero-order valence-electron chi connectivity index (χ0n) is 22.5. The number of aliphatic hydroxyl groups excluding tert-OH is 1. The van der Waals surface area contributed by atoms with Crippen LogP contribution in [0.2, 0.25) is 0 Å². The van der Waals surface area contributed by atoms with Crippen molar-refractivity contribution < 1.29 is 28.8 Å². The highest BCUT2D eigenvalue weighted by Crippen LogP contribution is 2.37. The number of methoxy groups -OCH3 is 1. The van der Waals surface area contributed by atoms with Crippen LogP contribution in [0.15, 0.2) is 97.1 Å². The van der Waals surface area contributed by atoms with E-state index in [1.807, 2.05) is 85.8 Å². The summed E-state index contributed by atoms with van der Waals surface area (Å²) in [6, 6.07) is 31.3. The monoisotopic (exact) mass is 528 g/mol. The van der Waals surface area contributed by atoms with Gasteiger partial charge < -0.3 is 28.8 Å². The van der Waals surface area contributed by atoms with Crippen LogP contribution in [-0.4, -0.2) is 32.2 Å². The molecule has 6 nitrogen and oxygen atoms in total. The quantitative estimate of drug-likeness (QED) is 0.138. The minimum atomic E-state index is -0.888. The molecule has 4 rings (SSSR count). The van der Waals surface area contributed by atoms with Gasteiger partial charge in [0.25, 0.3) is 0 Å². The predicted octanol–water partition coefficient (Wildman–Crippen LogP) is 6.62. The largest absolute Gasteiger partial charge is 0.494 e. The Hall–Kier alpha value is -3.84. The van der Waals surface area contributed by atoms with Gasteiger partial charge in [0.2, 0.25) is 0 Å². The van der Waals surface area contributed by atoms with E-state index in [2.05, 4.69) is 12.1 Å². The van der Waals surface area contributed by atoms with Crippen molar-refractivity contribution in [1.82, 2.24) is 0 Å². The molecule has 0 fully saturated rings. The molecule has 4 aromatic carbocycles. The molecule has 0 amide bonds. The minimum absolute atomic E-state index is 0.0587. The number of benzene rings is 4. The first-order valence-corrected chi connectivity index (χ1v) is 13.1. The van der Waals surface area contributed by atoms with Crippen molar-refractivity contribution in [3.05, 3.63) is 125 Å². The van der Waals surface area contributed by atoms with Gasteiger partial charge in [-0.3, -0.25) is 0 Å². The van der Waals surface area contributed by atoms with Gasteiger partial charge >= 0.3 is 0 Å². The van der Waals surface area contributed by atoms with Crippen LogP contribution in [0, 0.1) is 6.92 Å². The maximum atomic E-state index is 11.3. The normalized spacial score (nSPS) is 11.7. The molecule has 0 aliphatic heterocycles. The molecule has 0 heterocycles. The predicted molar refractivity (Wildman–Crippen MR) is 151 cm³/mol. The summed E-state index contributed by atoms with van der Waals surface area (Å²) in [7, 11) is 1.56. The van der Waals surface area contributed by atoms with Crippen LogP contribution in [0.1, 0.15) is 40.3 Å². The maximum Gasteiger partial charge on any atom is 0.188 e. The number of ether oxygens (including phenoxy) is 5. The highest BCUT2D eigenvalue weighted by molar-refractivity contribution is 5.50. The summed E-state index contributed by atoms with van der Waals surface area (Å²) in [6.45, 7) is 4.21. The van der Waals surface area contributed by atoms with Gasteiger partial charge in [-0.2, -0.15) is 0 Å². The van der Waals surface area contributed by atoms with E-state index in [0.29, 0.717) is 43.5 Å². The third kappa shape index (κ3) is 8.58. The lowest BCUT2D eigenvalue weighted by Crippen LogP contribution is -2.09. The Morgan fingerprint density at radius 1 is 0.692 bits per heavy atom. The molecule has 0 bridgehead atoms. The van der Waals surface area contributed by atoms with E-state index in [1.165, 1.54) is 0 Å². The van der Waals surface area contributed by atoms with Crippen LogP contribution in [-0.2, 0) is 22.7 Å². The van der Waals surface area contributed by atoms with E-state index in [9.17, 15) is 5.11 Å². The summed E-state index contributed by atoms with van der Waals surface area (Å²) < 4.78 is 28.5. The highest BCUT2D eigenvalue weighted by Gasteiger charge is 2.20. The van der Waals surface area contributed by atoms with E-state index in [1.54, 1.807) is 13.2 Å². The number of hydrogen-bond acceptors (Lipinski definition) is 6. The second-order valence-corrected chi connectivity index (χ2v) is 9.19. The average Bonchev–Trinajstić information content (AvgIpc) is 2.97. The second-order valence-electron chi connectivity index (χ2n) is 9.19. The Balaban J connectivity index is 1.34. The van der Waals surface area contributed by atoms with Crippen molar-refractivity contribution in [2.45, 2.75) is 32.7 Å². The molecule has 0 spiro atoms. The summed E-state index contributed by atoms with van der Waals surface area (Å²) in [5, 5.41) is 11.3. The fourth-order valence-electron chi connectivity index (χ4n) is 4.18. The first-order chi connectivity index (χ1) is 19.1. The van der Waals surface area contributed by atoms with Crippen LogP contribution < -0.4 is 14.2 Å². The highest BCUT2D eigenvalue weighted by atomic mass is 16.7. The van der Waals surface area contributed by atoms with Crippen LogP contribution in [0.3, 0.4) is 0 Å². The van der Waals surface area contributed by atoms with Gasteiger partial charge in [0, 0.05) is 25.2 Å². The molecule has 1 atom stereocenters. The topological polar surface area (TPSA) is 66.4 Å². The summed E-state index contributed by atoms with van der Waals surface area (Å²) in [4.78, 5) is 0. The van der Waals surface area contributed by atoms with Gasteiger partial charge in [-0.1, -0.05) is 72.8 Å². The number of aliphatic hydroxyl groups is 1. The third-order valence-electron chi connectivity index (χ3n) is 6.19. The maximum absolute atomic E-state index is 11.3. The SMILES string of the molecule is COCOc1cc(OCc2ccccc2)cc(C)c1C(O)c1ccc(OCCCOCc2ccccc2)cc1. The van der Waals surface area contributed by atoms with Gasteiger partial charge in [-0.15, -0.1) is 0 Å². The average molecular weight is 529 g/mol. The molecule has 0 radical (unpaired) electrons. The Morgan fingerprint density at radius 3 is 2.03 bits per heavy atom. The van der Waals surface area contributed by atoms with Crippen LogP contribution in [0.5, 0.6) is 17.2 Å². The van der Waals surface area contributed by atoms with E-state index in [0.717, 1.165) is 34.4 Å². The molecule has 39 heavy (non-hydrogen) atoms. The summed E-state index contributed by atoms with van der Waals surface area (Å²) in [5.41, 5.74) is 4.49. The smallest absolute Gasteiger partial charge is 0.188 e. The van der Waals surface area contributed by atoms with Gasteiger partial charge in [0.1, 0.15) is 30.0 Å². The van der Waals surface area contributed by atoms with E-state index in [-0.39, 0.29) is 6.79 Å². The molecule has 1 N–H and O–H groups in total.